The molecule has 0 amide bonds. The van der Waals surface area contributed by atoms with Gasteiger partial charge in [-0.05, 0) is 81.9 Å². The number of aliphatic hydroxyl groups excluding tert-OH is 1. The highest BCUT2D eigenvalue weighted by Gasteiger charge is 2.28. The SMILES string of the molecule is CCOc1cc(C)c(C)cc1C(CN)C1CCN(CCO)CC1. The summed E-state index contributed by atoms with van der Waals surface area (Å²) in [6, 6.07) is 4.44. The van der Waals surface area contributed by atoms with Gasteiger partial charge in [-0.1, -0.05) is 6.07 Å². The van der Waals surface area contributed by atoms with Crippen molar-refractivity contribution >= 4 is 0 Å². The van der Waals surface area contributed by atoms with Crippen molar-refractivity contribution < 1.29 is 9.84 Å². The second-order valence-corrected chi connectivity index (χ2v) is 6.65. The summed E-state index contributed by atoms with van der Waals surface area (Å²) in [7, 11) is 0. The van der Waals surface area contributed by atoms with Crippen molar-refractivity contribution in [2.75, 3.05) is 39.4 Å². The van der Waals surface area contributed by atoms with Gasteiger partial charge in [-0.15, -0.1) is 0 Å². The third-order valence-corrected chi connectivity index (χ3v) is 5.20. The van der Waals surface area contributed by atoms with Gasteiger partial charge < -0.3 is 20.5 Å². The van der Waals surface area contributed by atoms with Gasteiger partial charge in [-0.25, -0.2) is 0 Å². The van der Waals surface area contributed by atoms with E-state index in [0.29, 0.717) is 25.0 Å². The average Bonchev–Trinajstić information content (AvgIpc) is 2.54. The number of rotatable bonds is 7. The Morgan fingerprint density at radius 3 is 2.48 bits per heavy atom. The summed E-state index contributed by atoms with van der Waals surface area (Å²) >= 11 is 0. The molecule has 0 bridgehead atoms. The molecule has 4 heteroatoms. The van der Waals surface area contributed by atoms with E-state index in [9.17, 15) is 0 Å². The molecule has 130 valence electrons. The Morgan fingerprint density at radius 1 is 1.26 bits per heavy atom. The van der Waals surface area contributed by atoms with Crippen LogP contribution < -0.4 is 10.5 Å². The van der Waals surface area contributed by atoms with Crippen LogP contribution in [0.5, 0.6) is 5.75 Å². The van der Waals surface area contributed by atoms with Crippen LogP contribution >= 0.6 is 0 Å². The number of β-amino-alcohol motifs (C(OH)–C–C–N with tert-alkyl or cyclic N) is 1. The van der Waals surface area contributed by atoms with E-state index in [1.165, 1.54) is 16.7 Å². The maximum absolute atomic E-state index is 9.09. The Kier molecular flexibility index (Phi) is 6.88. The second kappa shape index (κ2) is 8.67. The summed E-state index contributed by atoms with van der Waals surface area (Å²) in [5.74, 6) is 1.95. The van der Waals surface area contributed by atoms with Gasteiger partial charge in [0.25, 0.3) is 0 Å². The van der Waals surface area contributed by atoms with Crippen molar-refractivity contribution in [1.29, 1.82) is 0 Å². The molecule has 0 aliphatic carbocycles. The van der Waals surface area contributed by atoms with Crippen molar-refractivity contribution in [3.05, 3.63) is 28.8 Å². The largest absolute Gasteiger partial charge is 0.494 e. The number of benzene rings is 1. The zero-order valence-electron chi connectivity index (χ0n) is 14.8. The molecule has 1 fully saturated rings. The Balaban J connectivity index is 2.19. The number of likely N-dealkylation sites (tertiary alicyclic amines) is 1. The van der Waals surface area contributed by atoms with E-state index >= 15 is 0 Å². The maximum Gasteiger partial charge on any atom is 0.123 e. The van der Waals surface area contributed by atoms with Crippen LogP contribution in [-0.4, -0.2) is 49.4 Å². The molecule has 3 N–H and O–H groups in total. The molecule has 1 heterocycles. The lowest BCUT2D eigenvalue weighted by atomic mass is 9.79. The summed E-state index contributed by atoms with van der Waals surface area (Å²) in [6.45, 7) is 10.8. The summed E-state index contributed by atoms with van der Waals surface area (Å²) in [4.78, 5) is 2.34. The maximum atomic E-state index is 9.09. The third kappa shape index (κ3) is 4.46. The lowest BCUT2D eigenvalue weighted by molar-refractivity contribution is 0.138. The van der Waals surface area contributed by atoms with Crippen molar-refractivity contribution in [3.63, 3.8) is 0 Å². The van der Waals surface area contributed by atoms with Crippen molar-refractivity contribution in [2.24, 2.45) is 11.7 Å². The van der Waals surface area contributed by atoms with Gasteiger partial charge >= 0.3 is 0 Å². The molecule has 1 saturated heterocycles. The Morgan fingerprint density at radius 2 is 1.91 bits per heavy atom. The standard InChI is InChI=1S/C19H32N2O2/c1-4-23-19-12-15(3)14(2)11-17(19)18(13-20)16-5-7-21(8-6-16)9-10-22/h11-12,16,18,22H,4-10,13,20H2,1-3H3. The molecular formula is C19H32N2O2. The fourth-order valence-corrected chi connectivity index (χ4v) is 3.68. The number of nitrogens with two attached hydrogens (primary N) is 1. The summed E-state index contributed by atoms with van der Waals surface area (Å²) in [5, 5.41) is 9.09. The fourth-order valence-electron chi connectivity index (χ4n) is 3.68. The molecule has 1 aromatic carbocycles. The van der Waals surface area contributed by atoms with E-state index in [2.05, 4.69) is 30.9 Å². The van der Waals surface area contributed by atoms with E-state index < -0.39 is 0 Å². The highest BCUT2D eigenvalue weighted by molar-refractivity contribution is 5.44. The molecular weight excluding hydrogens is 288 g/mol. The number of aliphatic hydroxyl groups is 1. The number of ether oxygens (including phenoxy) is 1. The molecule has 0 aromatic heterocycles. The summed E-state index contributed by atoms with van der Waals surface area (Å²) in [6.07, 6.45) is 2.28. The van der Waals surface area contributed by atoms with Gasteiger partial charge in [-0.3, -0.25) is 0 Å². The monoisotopic (exact) mass is 320 g/mol. The van der Waals surface area contributed by atoms with E-state index in [4.69, 9.17) is 15.6 Å². The van der Waals surface area contributed by atoms with Gasteiger partial charge in [0.15, 0.2) is 0 Å². The number of nitrogens with zero attached hydrogens (tertiary/aromatic N) is 1. The van der Waals surface area contributed by atoms with Crippen LogP contribution in [0.2, 0.25) is 0 Å². The first-order valence-corrected chi connectivity index (χ1v) is 8.87. The van der Waals surface area contributed by atoms with Crippen LogP contribution in [-0.2, 0) is 0 Å². The molecule has 1 aliphatic heterocycles. The molecule has 1 unspecified atom stereocenters. The van der Waals surface area contributed by atoms with Crippen molar-refractivity contribution in [3.8, 4) is 5.75 Å². The van der Waals surface area contributed by atoms with Crippen LogP contribution in [0.15, 0.2) is 12.1 Å². The summed E-state index contributed by atoms with van der Waals surface area (Å²) < 4.78 is 5.91. The molecule has 4 nitrogen and oxygen atoms in total. The molecule has 0 saturated carbocycles. The minimum Gasteiger partial charge on any atom is -0.494 e. The molecule has 1 aliphatic rings. The van der Waals surface area contributed by atoms with Crippen LogP contribution in [0.25, 0.3) is 0 Å². The molecule has 2 rings (SSSR count). The lowest BCUT2D eigenvalue weighted by Gasteiger charge is -2.36. The molecule has 1 aromatic rings. The first kappa shape index (κ1) is 18.2. The van der Waals surface area contributed by atoms with Crippen LogP contribution in [0.1, 0.15) is 42.4 Å². The van der Waals surface area contributed by atoms with Gasteiger partial charge in [-0.2, -0.15) is 0 Å². The van der Waals surface area contributed by atoms with E-state index in [-0.39, 0.29) is 6.61 Å². The topological polar surface area (TPSA) is 58.7 Å². The quantitative estimate of drug-likeness (QED) is 0.810. The van der Waals surface area contributed by atoms with E-state index in [0.717, 1.165) is 38.2 Å². The van der Waals surface area contributed by atoms with Crippen LogP contribution in [0.4, 0.5) is 0 Å². The second-order valence-electron chi connectivity index (χ2n) is 6.65. The highest BCUT2D eigenvalue weighted by atomic mass is 16.5. The number of piperidine rings is 1. The minimum absolute atomic E-state index is 0.247. The van der Waals surface area contributed by atoms with Crippen LogP contribution in [0, 0.1) is 19.8 Å². The number of aryl methyl sites for hydroxylation is 2. The lowest BCUT2D eigenvalue weighted by Crippen LogP contribution is -2.38. The van der Waals surface area contributed by atoms with Crippen LogP contribution in [0.3, 0.4) is 0 Å². The first-order valence-electron chi connectivity index (χ1n) is 8.87. The third-order valence-electron chi connectivity index (χ3n) is 5.20. The zero-order chi connectivity index (χ0) is 16.8. The Labute approximate surface area is 140 Å². The average molecular weight is 320 g/mol. The molecule has 0 spiro atoms. The van der Waals surface area contributed by atoms with Crippen molar-refractivity contribution in [2.45, 2.75) is 39.5 Å². The molecule has 0 radical (unpaired) electrons. The number of hydrogen-bond acceptors (Lipinski definition) is 4. The van der Waals surface area contributed by atoms with Gasteiger partial charge in [0.2, 0.25) is 0 Å². The summed E-state index contributed by atoms with van der Waals surface area (Å²) in [5.41, 5.74) is 10.0. The minimum atomic E-state index is 0.247. The molecule has 23 heavy (non-hydrogen) atoms. The number of hydrogen-bond donors (Lipinski definition) is 2. The predicted octanol–water partition coefficient (Wildman–Crippen LogP) is 2.45. The van der Waals surface area contributed by atoms with Crippen molar-refractivity contribution in [1.82, 2.24) is 4.90 Å². The zero-order valence-corrected chi connectivity index (χ0v) is 14.8. The van der Waals surface area contributed by atoms with E-state index in [1.54, 1.807) is 0 Å². The van der Waals surface area contributed by atoms with Gasteiger partial charge in [0.05, 0.1) is 13.2 Å². The Hall–Kier alpha value is -1.10. The van der Waals surface area contributed by atoms with E-state index in [1.807, 2.05) is 6.92 Å². The van der Waals surface area contributed by atoms with Gasteiger partial charge in [0, 0.05) is 12.5 Å². The highest BCUT2D eigenvalue weighted by Crippen LogP contribution is 2.38. The first-order chi connectivity index (χ1) is 11.1. The normalized spacial score (nSPS) is 18.1. The fraction of sp³-hybridized carbons (Fsp3) is 0.684. The molecule has 1 atom stereocenters. The van der Waals surface area contributed by atoms with Gasteiger partial charge in [0.1, 0.15) is 5.75 Å². The predicted molar refractivity (Wildman–Crippen MR) is 95.1 cm³/mol. The smallest absolute Gasteiger partial charge is 0.123 e. The Bertz CT molecular complexity index is 496.